The molecular formula is C22H29N. The number of anilines is 2. The predicted molar refractivity (Wildman–Crippen MR) is 101 cm³/mol. The van der Waals surface area contributed by atoms with Gasteiger partial charge in [-0.25, -0.2) is 0 Å². The lowest BCUT2D eigenvalue weighted by atomic mass is 9.72. The summed E-state index contributed by atoms with van der Waals surface area (Å²) in [6.45, 7) is 16.2. The number of para-hydroxylation sites is 1. The van der Waals surface area contributed by atoms with E-state index in [0.29, 0.717) is 12.0 Å². The molecule has 1 heteroatoms. The van der Waals surface area contributed by atoms with Gasteiger partial charge in [0.05, 0.1) is 0 Å². The van der Waals surface area contributed by atoms with Gasteiger partial charge >= 0.3 is 0 Å². The minimum absolute atomic E-state index is 0.0393. The second-order valence-electron chi connectivity index (χ2n) is 7.94. The highest BCUT2D eigenvalue weighted by Gasteiger charge is 2.38. The highest BCUT2D eigenvalue weighted by molar-refractivity contribution is 5.81. The smallest absolute Gasteiger partial charge is 0.0487 e. The quantitative estimate of drug-likeness (QED) is 0.629. The lowest BCUT2D eigenvalue weighted by Crippen LogP contribution is -2.37. The molecule has 3 rings (SSSR count). The van der Waals surface area contributed by atoms with Crippen molar-refractivity contribution in [3.63, 3.8) is 0 Å². The van der Waals surface area contributed by atoms with E-state index in [2.05, 4.69) is 89.8 Å². The van der Waals surface area contributed by atoms with E-state index < -0.39 is 0 Å². The van der Waals surface area contributed by atoms with Crippen LogP contribution >= 0.6 is 0 Å². The molecule has 0 unspecified atom stereocenters. The van der Waals surface area contributed by atoms with Crippen molar-refractivity contribution in [2.45, 2.75) is 65.8 Å². The van der Waals surface area contributed by atoms with Crippen LogP contribution in [0.2, 0.25) is 0 Å². The van der Waals surface area contributed by atoms with Crippen molar-refractivity contribution in [3.8, 4) is 0 Å². The number of fused-ring (bicyclic) bond motifs is 2. The summed E-state index contributed by atoms with van der Waals surface area (Å²) in [6, 6.07) is 14.0. The fraction of sp³-hybridized carbons (Fsp3) is 0.455. The van der Waals surface area contributed by atoms with Crippen molar-refractivity contribution < 1.29 is 0 Å². The zero-order chi connectivity index (χ0) is 16.9. The molecule has 0 N–H and O–H groups in total. The summed E-state index contributed by atoms with van der Waals surface area (Å²) in [4.78, 5) is 2.54. The number of benzene rings is 2. The number of hydrogen-bond acceptors (Lipinski definition) is 1. The average molecular weight is 307 g/mol. The van der Waals surface area contributed by atoms with E-state index in [1.165, 1.54) is 33.6 Å². The molecule has 0 fully saturated rings. The number of rotatable bonds is 2. The van der Waals surface area contributed by atoms with Crippen LogP contribution in [0.4, 0.5) is 11.4 Å². The fourth-order valence-electron chi connectivity index (χ4n) is 4.17. The summed E-state index contributed by atoms with van der Waals surface area (Å²) >= 11 is 0. The van der Waals surface area contributed by atoms with Crippen molar-refractivity contribution >= 4 is 11.4 Å². The van der Waals surface area contributed by atoms with Crippen LogP contribution in [-0.4, -0.2) is 6.04 Å². The molecule has 1 aliphatic rings. The van der Waals surface area contributed by atoms with Gasteiger partial charge in [0.15, 0.2) is 0 Å². The summed E-state index contributed by atoms with van der Waals surface area (Å²) in [5.74, 6) is 0.551. The van der Waals surface area contributed by atoms with Gasteiger partial charge < -0.3 is 4.90 Å². The third kappa shape index (κ3) is 2.29. The molecule has 23 heavy (non-hydrogen) atoms. The predicted octanol–water partition coefficient (Wildman–Crippen LogP) is 6.30. The molecule has 0 bridgehead atoms. The first-order chi connectivity index (χ1) is 10.8. The van der Waals surface area contributed by atoms with Crippen LogP contribution in [-0.2, 0) is 5.41 Å². The van der Waals surface area contributed by atoms with Gasteiger partial charge in [-0.1, -0.05) is 58.0 Å². The Morgan fingerprint density at radius 1 is 0.870 bits per heavy atom. The Labute approximate surface area is 141 Å². The Bertz CT molecular complexity index is 738. The van der Waals surface area contributed by atoms with E-state index in [0.717, 1.165) is 0 Å². The van der Waals surface area contributed by atoms with Crippen molar-refractivity contribution in [2.75, 3.05) is 4.90 Å². The van der Waals surface area contributed by atoms with Crippen LogP contribution in [0.25, 0.3) is 0 Å². The Morgan fingerprint density at radius 2 is 1.52 bits per heavy atom. The molecule has 1 aliphatic heterocycles. The summed E-state index contributed by atoms with van der Waals surface area (Å²) in [5, 5.41) is 0. The third-order valence-corrected chi connectivity index (χ3v) is 5.36. The largest absolute Gasteiger partial charge is 0.338 e. The van der Waals surface area contributed by atoms with E-state index in [1.54, 1.807) is 0 Å². The van der Waals surface area contributed by atoms with Gasteiger partial charge in [0.2, 0.25) is 0 Å². The van der Waals surface area contributed by atoms with Crippen LogP contribution in [0.5, 0.6) is 0 Å². The fourth-order valence-corrected chi connectivity index (χ4v) is 4.17. The highest BCUT2D eigenvalue weighted by Crippen LogP contribution is 2.51. The normalized spacial score (nSPS) is 15.8. The SMILES string of the molecule is Cc1c(C(C)C)ccc2c1N(C(C)C)c1ccccc1C2(C)C. The molecule has 0 spiro atoms. The first-order valence-corrected chi connectivity index (χ1v) is 8.79. The van der Waals surface area contributed by atoms with Crippen LogP contribution in [0.15, 0.2) is 36.4 Å². The molecule has 1 heterocycles. The number of hydrogen-bond donors (Lipinski definition) is 0. The molecule has 0 aliphatic carbocycles. The standard InChI is InChI=1S/C22H29N/c1-14(2)17-12-13-19-21(16(17)5)23(15(3)4)20-11-9-8-10-18(20)22(19,6)7/h8-15H,1-7H3. The Balaban J connectivity index is 2.37. The second kappa shape index (κ2) is 5.40. The topological polar surface area (TPSA) is 3.24 Å². The van der Waals surface area contributed by atoms with E-state index in [-0.39, 0.29) is 5.41 Å². The third-order valence-electron chi connectivity index (χ3n) is 5.36. The van der Waals surface area contributed by atoms with Gasteiger partial charge in [-0.05, 0) is 55.0 Å². The van der Waals surface area contributed by atoms with Crippen LogP contribution in [0, 0.1) is 6.92 Å². The zero-order valence-electron chi connectivity index (χ0n) is 15.6. The lowest BCUT2D eigenvalue weighted by molar-refractivity contribution is 0.610. The van der Waals surface area contributed by atoms with Crippen molar-refractivity contribution in [1.29, 1.82) is 0 Å². The van der Waals surface area contributed by atoms with Crippen LogP contribution < -0.4 is 4.90 Å². The highest BCUT2D eigenvalue weighted by atomic mass is 15.2. The minimum Gasteiger partial charge on any atom is -0.338 e. The molecule has 122 valence electrons. The van der Waals surface area contributed by atoms with E-state index in [4.69, 9.17) is 0 Å². The minimum atomic E-state index is 0.0393. The first-order valence-electron chi connectivity index (χ1n) is 8.79. The van der Waals surface area contributed by atoms with Crippen LogP contribution in [0.3, 0.4) is 0 Å². The summed E-state index contributed by atoms with van der Waals surface area (Å²) in [6.07, 6.45) is 0. The molecule has 0 atom stereocenters. The van der Waals surface area contributed by atoms with Gasteiger partial charge in [0.1, 0.15) is 0 Å². The zero-order valence-corrected chi connectivity index (χ0v) is 15.6. The maximum Gasteiger partial charge on any atom is 0.0487 e. The molecular weight excluding hydrogens is 278 g/mol. The van der Waals surface area contributed by atoms with Gasteiger partial charge in [0, 0.05) is 22.8 Å². The first kappa shape index (κ1) is 16.1. The molecule has 0 amide bonds. The maximum atomic E-state index is 2.54. The monoisotopic (exact) mass is 307 g/mol. The van der Waals surface area contributed by atoms with Gasteiger partial charge in [0.25, 0.3) is 0 Å². The molecule has 1 nitrogen and oxygen atoms in total. The maximum absolute atomic E-state index is 2.54. The summed E-state index contributed by atoms with van der Waals surface area (Å²) in [5.41, 5.74) is 8.61. The average Bonchev–Trinajstić information content (AvgIpc) is 2.48. The Morgan fingerprint density at radius 3 is 2.13 bits per heavy atom. The molecule has 0 radical (unpaired) electrons. The van der Waals surface area contributed by atoms with Crippen molar-refractivity contribution in [3.05, 3.63) is 58.7 Å². The Kier molecular flexibility index (Phi) is 3.78. The van der Waals surface area contributed by atoms with Crippen molar-refractivity contribution in [2.24, 2.45) is 0 Å². The van der Waals surface area contributed by atoms with E-state index >= 15 is 0 Å². The molecule has 0 saturated heterocycles. The summed E-state index contributed by atoms with van der Waals surface area (Å²) < 4.78 is 0. The second-order valence-corrected chi connectivity index (χ2v) is 7.94. The van der Waals surface area contributed by atoms with E-state index in [9.17, 15) is 0 Å². The van der Waals surface area contributed by atoms with Gasteiger partial charge in [-0.15, -0.1) is 0 Å². The molecule has 0 aromatic heterocycles. The van der Waals surface area contributed by atoms with Crippen LogP contribution in [0.1, 0.15) is 69.7 Å². The van der Waals surface area contributed by atoms with Crippen molar-refractivity contribution in [1.82, 2.24) is 0 Å². The summed E-state index contributed by atoms with van der Waals surface area (Å²) in [7, 11) is 0. The van der Waals surface area contributed by atoms with Gasteiger partial charge in [-0.2, -0.15) is 0 Å². The molecule has 2 aromatic rings. The molecule has 0 saturated carbocycles. The van der Waals surface area contributed by atoms with Gasteiger partial charge in [-0.3, -0.25) is 0 Å². The van der Waals surface area contributed by atoms with E-state index in [1.807, 2.05) is 0 Å². The lowest BCUT2D eigenvalue weighted by Gasteiger charge is -2.45. The number of nitrogens with zero attached hydrogens (tertiary/aromatic N) is 1. The molecule has 2 aromatic carbocycles. The Hall–Kier alpha value is -1.76.